The summed E-state index contributed by atoms with van der Waals surface area (Å²) in [6, 6.07) is 5.85. The van der Waals surface area contributed by atoms with Crippen molar-refractivity contribution in [2.75, 3.05) is 13.7 Å². The molecule has 1 aromatic rings. The van der Waals surface area contributed by atoms with Crippen LogP contribution in [0.4, 0.5) is 13.2 Å². The highest BCUT2D eigenvalue weighted by molar-refractivity contribution is 5.39. The smallest absolute Gasteiger partial charge is 0.405 e. The zero-order chi connectivity index (χ0) is 13.8. The molecule has 1 atom stereocenters. The number of hydrogen-bond donors (Lipinski definition) is 1. The molecule has 102 valence electrons. The molecule has 0 aromatic heterocycles. The molecule has 1 unspecified atom stereocenters. The molecule has 0 fully saturated rings. The third kappa shape index (κ3) is 3.61. The van der Waals surface area contributed by atoms with Gasteiger partial charge in [0.1, 0.15) is 5.75 Å². The minimum absolute atomic E-state index is 0.113. The van der Waals surface area contributed by atoms with Crippen LogP contribution in [0, 0.1) is 0 Å². The highest BCUT2D eigenvalue weighted by Crippen LogP contribution is 2.34. The average molecular weight is 263 g/mol. The number of benzene rings is 1. The summed E-state index contributed by atoms with van der Waals surface area (Å²) in [5.74, 6) is -0.286. The minimum atomic E-state index is -4.74. The van der Waals surface area contributed by atoms with Gasteiger partial charge in [0.25, 0.3) is 0 Å². The monoisotopic (exact) mass is 263 g/mol. The molecule has 0 radical (unpaired) electrons. The SMILES string of the molecule is CCC(N)(COC)c1ccccc1OC(F)(F)F. The molecule has 0 aliphatic rings. The Morgan fingerprint density at radius 1 is 1.22 bits per heavy atom. The fraction of sp³-hybridized carbons (Fsp3) is 0.500. The van der Waals surface area contributed by atoms with E-state index in [4.69, 9.17) is 10.5 Å². The van der Waals surface area contributed by atoms with Crippen LogP contribution >= 0.6 is 0 Å². The lowest BCUT2D eigenvalue weighted by Crippen LogP contribution is -2.41. The standard InChI is InChI=1S/C12H16F3NO2/c1-3-11(16,8-17-2)9-6-4-5-7-10(9)18-12(13,14)15/h4-7H,3,8,16H2,1-2H3. The van der Waals surface area contributed by atoms with Crippen LogP contribution in [0.5, 0.6) is 5.75 Å². The predicted molar refractivity (Wildman–Crippen MR) is 61.2 cm³/mol. The summed E-state index contributed by atoms with van der Waals surface area (Å²) in [7, 11) is 1.45. The van der Waals surface area contributed by atoms with E-state index in [-0.39, 0.29) is 17.9 Å². The molecule has 18 heavy (non-hydrogen) atoms. The molecular formula is C12H16F3NO2. The molecule has 6 heteroatoms. The molecule has 0 bridgehead atoms. The van der Waals surface area contributed by atoms with Crippen molar-refractivity contribution in [2.45, 2.75) is 25.2 Å². The topological polar surface area (TPSA) is 44.5 Å². The molecule has 0 aliphatic heterocycles. The van der Waals surface area contributed by atoms with Gasteiger partial charge in [-0.05, 0) is 12.5 Å². The van der Waals surface area contributed by atoms with Crippen LogP contribution in [0.25, 0.3) is 0 Å². The van der Waals surface area contributed by atoms with Crippen LogP contribution in [-0.4, -0.2) is 20.1 Å². The summed E-state index contributed by atoms with van der Waals surface area (Å²) in [6.45, 7) is 1.89. The zero-order valence-electron chi connectivity index (χ0n) is 10.3. The zero-order valence-corrected chi connectivity index (χ0v) is 10.3. The first kappa shape index (κ1) is 14.8. The Bertz CT molecular complexity index is 395. The van der Waals surface area contributed by atoms with E-state index in [0.29, 0.717) is 6.42 Å². The highest BCUT2D eigenvalue weighted by atomic mass is 19.4. The average Bonchev–Trinajstić information content (AvgIpc) is 2.28. The highest BCUT2D eigenvalue weighted by Gasteiger charge is 2.35. The van der Waals surface area contributed by atoms with E-state index < -0.39 is 11.9 Å². The van der Waals surface area contributed by atoms with E-state index in [1.54, 1.807) is 13.0 Å². The van der Waals surface area contributed by atoms with Crippen molar-refractivity contribution in [3.63, 3.8) is 0 Å². The Morgan fingerprint density at radius 3 is 2.33 bits per heavy atom. The van der Waals surface area contributed by atoms with Gasteiger partial charge in [-0.1, -0.05) is 25.1 Å². The summed E-state index contributed by atoms with van der Waals surface area (Å²) in [5, 5.41) is 0. The Hall–Kier alpha value is -1.27. The van der Waals surface area contributed by atoms with Gasteiger partial charge in [0.05, 0.1) is 12.1 Å². The van der Waals surface area contributed by atoms with Crippen molar-refractivity contribution in [1.29, 1.82) is 0 Å². The second kappa shape index (κ2) is 5.58. The molecule has 0 aliphatic carbocycles. The van der Waals surface area contributed by atoms with Gasteiger partial charge in [0.15, 0.2) is 0 Å². The van der Waals surface area contributed by atoms with Crippen LogP contribution < -0.4 is 10.5 Å². The van der Waals surface area contributed by atoms with Crippen molar-refractivity contribution >= 4 is 0 Å². The summed E-state index contributed by atoms with van der Waals surface area (Å²) in [4.78, 5) is 0. The van der Waals surface area contributed by atoms with Crippen LogP contribution in [0.2, 0.25) is 0 Å². The Morgan fingerprint density at radius 2 is 1.83 bits per heavy atom. The van der Waals surface area contributed by atoms with Gasteiger partial charge in [0, 0.05) is 12.7 Å². The molecule has 0 spiro atoms. The summed E-state index contributed by atoms with van der Waals surface area (Å²) in [5.41, 5.74) is 5.36. The van der Waals surface area contributed by atoms with Crippen LogP contribution in [-0.2, 0) is 10.3 Å². The van der Waals surface area contributed by atoms with E-state index in [2.05, 4.69) is 4.74 Å². The number of alkyl halides is 3. The first-order chi connectivity index (χ1) is 8.32. The third-order valence-electron chi connectivity index (χ3n) is 2.68. The molecule has 0 heterocycles. The Labute approximate surface area is 104 Å². The molecule has 1 aromatic carbocycles. The quantitative estimate of drug-likeness (QED) is 0.888. The molecular weight excluding hydrogens is 247 g/mol. The second-order valence-corrected chi connectivity index (χ2v) is 3.99. The van der Waals surface area contributed by atoms with Crippen molar-refractivity contribution in [1.82, 2.24) is 0 Å². The molecule has 0 amide bonds. The number of hydrogen-bond acceptors (Lipinski definition) is 3. The van der Waals surface area contributed by atoms with Crippen LogP contribution in [0.15, 0.2) is 24.3 Å². The molecule has 0 saturated carbocycles. The lowest BCUT2D eigenvalue weighted by Gasteiger charge is -2.29. The molecule has 2 N–H and O–H groups in total. The number of nitrogens with two attached hydrogens (primary N) is 1. The largest absolute Gasteiger partial charge is 0.573 e. The maximum atomic E-state index is 12.3. The number of rotatable bonds is 5. The van der Waals surface area contributed by atoms with Gasteiger partial charge < -0.3 is 15.2 Å². The summed E-state index contributed by atoms with van der Waals surface area (Å²) >= 11 is 0. The van der Waals surface area contributed by atoms with Gasteiger partial charge in [-0.3, -0.25) is 0 Å². The second-order valence-electron chi connectivity index (χ2n) is 3.99. The van der Waals surface area contributed by atoms with Crippen molar-refractivity contribution < 1.29 is 22.6 Å². The number of para-hydroxylation sites is 1. The van der Waals surface area contributed by atoms with Crippen molar-refractivity contribution in [3.8, 4) is 5.75 Å². The van der Waals surface area contributed by atoms with Crippen LogP contribution in [0.1, 0.15) is 18.9 Å². The molecule has 1 rings (SSSR count). The van der Waals surface area contributed by atoms with Crippen LogP contribution in [0.3, 0.4) is 0 Å². The maximum Gasteiger partial charge on any atom is 0.573 e. The fourth-order valence-corrected chi connectivity index (χ4v) is 1.72. The summed E-state index contributed by atoms with van der Waals surface area (Å²) < 4.78 is 45.9. The lowest BCUT2D eigenvalue weighted by molar-refractivity contribution is -0.275. The number of halogens is 3. The van der Waals surface area contributed by atoms with E-state index in [1.165, 1.54) is 25.3 Å². The lowest BCUT2D eigenvalue weighted by atomic mass is 9.88. The first-order valence-corrected chi connectivity index (χ1v) is 5.45. The third-order valence-corrected chi connectivity index (χ3v) is 2.68. The number of ether oxygens (including phenoxy) is 2. The van der Waals surface area contributed by atoms with Gasteiger partial charge in [0.2, 0.25) is 0 Å². The van der Waals surface area contributed by atoms with E-state index >= 15 is 0 Å². The molecule has 0 saturated heterocycles. The Balaban J connectivity index is 3.15. The summed E-state index contributed by atoms with van der Waals surface area (Å²) in [6.07, 6.45) is -4.31. The van der Waals surface area contributed by atoms with Gasteiger partial charge in [-0.25, -0.2) is 0 Å². The number of methoxy groups -OCH3 is 1. The van der Waals surface area contributed by atoms with Crippen molar-refractivity contribution in [2.24, 2.45) is 5.73 Å². The predicted octanol–water partition coefficient (Wildman–Crippen LogP) is 2.80. The first-order valence-electron chi connectivity index (χ1n) is 5.45. The maximum absolute atomic E-state index is 12.3. The van der Waals surface area contributed by atoms with Crippen molar-refractivity contribution in [3.05, 3.63) is 29.8 Å². The normalized spacial score (nSPS) is 15.2. The van der Waals surface area contributed by atoms with Gasteiger partial charge in [-0.15, -0.1) is 13.2 Å². The van der Waals surface area contributed by atoms with Gasteiger partial charge in [-0.2, -0.15) is 0 Å². The van der Waals surface area contributed by atoms with Gasteiger partial charge >= 0.3 is 6.36 Å². The van der Waals surface area contributed by atoms with E-state index in [9.17, 15) is 13.2 Å². The Kier molecular flexibility index (Phi) is 4.59. The fourth-order valence-electron chi connectivity index (χ4n) is 1.72. The molecule has 3 nitrogen and oxygen atoms in total. The van der Waals surface area contributed by atoms with E-state index in [0.717, 1.165) is 0 Å². The minimum Gasteiger partial charge on any atom is -0.405 e. The van der Waals surface area contributed by atoms with E-state index in [1.807, 2.05) is 0 Å².